The molecular formula is C36H43N5O4. The largest absolute Gasteiger partial charge is 0.353 e. The number of carbonyl (C=O) groups is 4. The number of carbonyl (C=O) groups excluding carboxylic acids is 4. The van der Waals surface area contributed by atoms with Gasteiger partial charge in [-0.15, -0.1) is 0 Å². The molecule has 2 heterocycles. The monoisotopic (exact) mass is 609 g/mol. The van der Waals surface area contributed by atoms with Gasteiger partial charge in [-0.05, 0) is 62.8 Å². The van der Waals surface area contributed by atoms with Crippen LogP contribution in [0.1, 0.15) is 61.8 Å². The van der Waals surface area contributed by atoms with Gasteiger partial charge in [0.1, 0.15) is 12.1 Å². The molecule has 4 amide bonds. The van der Waals surface area contributed by atoms with E-state index in [0.29, 0.717) is 32.1 Å². The lowest BCUT2D eigenvalue weighted by molar-refractivity contribution is -0.144. The van der Waals surface area contributed by atoms with Crippen molar-refractivity contribution in [2.24, 2.45) is 0 Å². The molecule has 2 fully saturated rings. The number of nitrogens with one attached hydrogen (secondary N) is 4. The predicted molar refractivity (Wildman–Crippen MR) is 173 cm³/mol. The Morgan fingerprint density at radius 2 is 1.40 bits per heavy atom. The van der Waals surface area contributed by atoms with Crippen molar-refractivity contribution < 1.29 is 19.2 Å². The van der Waals surface area contributed by atoms with Crippen molar-refractivity contribution in [1.82, 2.24) is 26.2 Å². The first-order valence-electron chi connectivity index (χ1n) is 15.9. The van der Waals surface area contributed by atoms with Crippen LogP contribution in [0.15, 0.2) is 91.0 Å². The molecule has 236 valence electrons. The summed E-state index contributed by atoms with van der Waals surface area (Å²) in [4.78, 5) is 55.9. The Hall–Kier alpha value is -4.50. The van der Waals surface area contributed by atoms with E-state index in [9.17, 15) is 19.2 Å². The Morgan fingerprint density at radius 1 is 0.800 bits per heavy atom. The van der Waals surface area contributed by atoms with Gasteiger partial charge >= 0.3 is 0 Å². The van der Waals surface area contributed by atoms with E-state index in [2.05, 4.69) is 21.3 Å². The highest BCUT2D eigenvalue weighted by Gasteiger charge is 2.46. The summed E-state index contributed by atoms with van der Waals surface area (Å²) in [6, 6.07) is 26.3. The fourth-order valence-corrected chi connectivity index (χ4v) is 6.46. The first-order chi connectivity index (χ1) is 21.8. The van der Waals surface area contributed by atoms with E-state index in [0.717, 1.165) is 16.7 Å². The second-order valence-corrected chi connectivity index (χ2v) is 12.1. The van der Waals surface area contributed by atoms with Gasteiger partial charge in [0.05, 0.1) is 18.5 Å². The Balaban J connectivity index is 1.38. The van der Waals surface area contributed by atoms with Crippen LogP contribution in [-0.2, 0) is 25.6 Å². The first-order valence-corrected chi connectivity index (χ1v) is 15.9. The fourth-order valence-electron chi connectivity index (χ4n) is 6.46. The van der Waals surface area contributed by atoms with Crippen molar-refractivity contribution in [3.63, 3.8) is 0 Å². The number of nitrogens with zero attached hydrogens (tertiary/aromatic N) is 1. The highest BCUT2D eigenvalue weighted by Crippen LogP contribution is 2.33. The minimum atomic E-state index is -0.808. The zero-order chi connectivity index (χ0) is 31.8. The number of amides is 4. The van der Waals surface area contributed by atoms with Gasteiger partial charge in [-0.1, -0.05) is 91.0 Å². The summed E-state index contributed by atoms with van der Waals surface area (Å²) in [5.74, 6) is -0.859. The lowest BCUT2D eigenvalue weighted by Gasteiger charge is -2.38. The maximum absolute atomic E-state index is 14.2. The highest BCUT2D eigenvalue weighted by molar-refractivity contribution is 5.94. The van der Waals surface area contributed by atoms with Crippen molar-refractivity contribution in [2.75, 3.05) is 7.05 Å². The van der Waals surface area contributed by atoms with E-state index in [1.807, 2.05) is 91.0 Å². The van der Waals surface area contributed by atoms with Gasteiger partial charge in [0.15, 0.2) is 0 Å². The van der Waals surface area contributed by atoms with Crippen molar-refractivity contribution >= 4 is 23.6 Å². The Kier molecular flexibility index (Phi) is 10.6. The van der Waals surface area contributed by atoms with Crippen molar-refractivity contribution in [2.45, 2.75) is 81.7 Å². The van der Waals surface area contributed by atoms with E-state index in [-0.39, 0.29) is 48.2 Å². The third-order valence-electron chi connectivity index (χ3n) is 8.99. The number of hydrogen-bond acceptors (Lipinski definition) is 5. The third kappa shape index (κ3) is 7.97. The van der Waals surface area contributed by atoms with Crippen LogP contribution >= 0.6 is 0 Å². The molecule has 2 aliphatic heterocycles. The van der Waals surface area contributed by atoms with Crippen LogP contribution in [0.5, 0.6) is 0 Å². The van der Waals surface area contributed by atoms with Crippen LogP contribution in [0, 0.1) is 0 Å². The average Bonchev–Trinajstić information content (AvgIpc) is 3.48. The van der Waals surface area contributed by atoms with E-state index < -0.39 is 18.1 Å². The highest BCUT2D eigenvalue weighted by atomic mass is 16.2. The Labute approximate surface area is 265 Å². The van der Waals surface area contributed by atoms with Crippen molar-refractivity contribution in [3.8, 4) is 0 Å². The van der Waals surface area contributed by atoms with Crippen LogP contribution in [-0.4, -0.2) is 65.8 Å². The number of hydrogen-bond donors (Lipinski definition) is 4. The van der Waals surface area contributed by atoms with E-state index >= 15 is 0 Å². The summed E-state index contributed by atoms with van der Waals surface area (Å²) in [5, 5.41) is 12.3. The van der Waals surface area contributed by atoms with Crippen molar-refractivity contribution in [3.05, 3.63) is 108 Å². The summed E-state index contributed by atoms with van der Waals surface area (Å²) in [7, 11) is 1.69. The average molecular weight is 610 g/mol. The molecule has 3 aromatic carbocycles. The fraction of sp³-hybridized carbons (Fsp3) is 0.389. The van der Waals surface area contributed by atoms with Gasteiger partial charge < -0.3 is 26.2 Å². The molecule has 5 rings (SSSR count). The minimum Gasteiger partial charge on any atom is -0.353 e. The molecule has 0 bridgehead atoms. The quantitative estimate of drug-likeness (QED) is 0.282. The smallest absolute Gasteiger partial charge is 0.246 e. The molecule has 0 aliphatic carbocycles. The van der Waals surface area contributed by atoms with Gasteiger partial charge in [-0.2, -0.15) is 0 Å². The van der Waals surface area contributed by atoms with Crippen LogP contribution in [0.2, 0.25) is 0 Å². The number of fused-ring (bicyclic) bond motifs is 1. The second-order valence-electron chi connectivity index (χ2n) is 12.1. The van der Waals surface area contributed by atoms with Gasteiger partial charge in [0.2, 0.25) is 23.6 Å². The molecular weight excluding hydrogens is 566 g/mol. The van der Waals surface area contributed by atoms with E-state index in [1.165, 1.54) is 0 Å². The molecule has 3 aromatic rings. The van der Waals surface area contributed by atoms with Crippen LogP contribution < -0.4 is 21.3 Å². The summed E-state index contributed by atoms with van der Waals surface area (Å²) in [5.41, 5.74) is 2.81. The lowest BCUT2D eigenvalue weighted by atomic mass is 9.94. The molecule has 0 radical (unpaired) electrons. The first kappa shape index (κ1) is 31.9. The Morgan fingerprint density at radius 3 is 2.00 bits per heavy atom. The van der Waals surface area contributed by atoms with Crippen LogP contribution in [0.25, 0.3) is 0 Å². The van der Waals surface area contributed by atoms with E-state index in [1.54, 1.807) is 18.9 Å². The molecule has 4 N–H and O–H groups in total. The molecule has 9 heteroatoms. The minimum absolute atomic E-state index is 0.0881. The van der Waals surface area contributed by atoms with Crippen molar-refractivity contribution in [1.29, 1.82) is 0 Å². The van der Waals surface area contributed by atoms with Gasteiger partial charge in [0, 0.05) is 12.1 Å². The summed E-state index contributed by atoms with van der Waals surface area (Å²) in [6.07, 6.45) is 2.82. The normalized spacial score (nSPS) is 22.1. The van der Waals surface area contributed by atoms with Crippen LogP contribution in [0.3, 0.4) is 0 Å². The standard InChI is InChI=1S/C36H43N5O4/c1-24(37-2)34(43)39-30-20-18-28(38-32(42)22-25-12-6-3-7-13-25)23-29-19-21-31(41(29)36(30)45)35(44)40-33(26-14-8-4-9-15-26)27-16-10-5-11-17-27/h3-17,24,28-31,33,37H,18-23H2,1-2H3,(H,38,42)(H,39,43)(H,40,44)/t24-,28+,29+,30-,31-/m0/s1. The maximum Gasteiger partial charge on any atom is 0.246 e. The van der Waals surface area contributed by atoms with Gasteiger partial charge in [0.25, 0.3) is 0 Å². The van der Waals surface area contributed by atoms with E-state index in [4.69, 9.17) is 0 Å². The molecule has 0 saturated carbocycles. The number of rotatable bonds is 10. The topological polar surface area (TPSA) is 120 Å². The Bertz CT molecular complexity index is 1410. The zero-order valence-corrected chi connectivity index (χ0v) is 25.9. The molecule has 45 heavy (non-hydrogen) atoms. The molecule has 0 aromatic heterocycles. The molecule has 9 nitrogen and oxygen atoms in total. The molecule has 0 unspecified atom stereocenters. The molecule has 5 atom stereocenters. The zero-order valence-electron chi connectivity index (χ0n) is 25.9. The number of likely N-dealkylation sites (N-methyl/N-ethyl adjacent to an activating group) is 1. The molecule has 0 spiro atoms. The summed E-state index contributed by atoms with van der Waals surface area (Å²) in [6.45, 7) is 1.73. The van der Waals surface area contributed by atoms with Crippen LogP contribution in [0.4, 0.5) is 0 Å². The maximum atomic E-state index is 14.2. The van der Waals surface area contributed by atoms with Gasteiger partial charge in [-0.3, -0.25) is 19.2 Å². The third-order valence-corrected chi connectivity index (χ3v) is 8.99. The molecule has 2 aliphatic rings. The SMILES string of the molecule is CN[C@@H](C)C(=O)N[C@H]1CC[C@@H](NC(=O)Cc2ccccc2)C[C@H]2CC[C@@H](C(=O)NC(c3ccccc3)c3ccccc3)N2C1=O. The lowest BCUT2D eigenvalue weighted by Crippen LogP contribution is -2.59. The second kappa shape index (κ2) is 15.0. The predicted octanol–water partition coefficient (Wildman–Crippen LogP) is 3.26. The number of benzene rings is 3. The molecule has 2 saturated heterocycles. The van der Waals surface area contributed by atoms with Gasteiger partial charge in [-0.25, -0.2) is 0 Å². The summed E-state index contributed by atoms with van der Waals surface area (Å²) >= 11 is 0. The summed E-state index contributed by atoms with van der Waals surface area (Å²) < 4.78 is 0.